The molecule has 0 aromatic heterocycles. The van der Waals surface area contributed by atoms with Crippen LogP contribution in [0.15, 0.2) is 83.8 Å². The van der Waals surface area contributed by atoms with E-state index < -0.39 is 0 Å². The molecule has 3 aromatic carbocycles. The molecule has 3 aromatic rings. The van der Waals surface area contributed by atoms with Crippen LogP contribution in [0.1, 0.15) is 16.7 Å². The van der Waals surface area contributed by atoms with Crippen LogP contribution in [0.4, 0.5) is 11.4 Å². The zero-order valence-corrected chi connectivity index (χ0v) is 17.8. The second-order valence-corrected chi connectivity index (χ2v) is 7.97. The molecule has 5 heteroatoms. The lowest BCUT2D eigenvalue weighted by molar-refractivity contribution is -0.114. The zero-order chi connectivity index (χ0) is 21.3. The minimum Gasteiger partial charge on any atom is -0.325 e. The SMILES string of the molecule is Cc1ccc(NC(=O)CSc2cccc(NC(=O)/C=C/c3ccccc3)c2)c(C)c1. The molecule has 0 fully saturated rings. The maximum absolute atomic E-state index is 12.3. The summed E-state index contributed by atoms with van der Waals surface area (Å²) < 4.78 is 0. The van der Waals surface area contributed by atoms with Crippen LogP contribution >= 0.6 is 11.8 Å². The Hall–Kier alpha value is -3.31. The summed E-state index contributed by atoms with van der Waals surface area (Å²) in [5, 5.41) is 5.80. The van der Waals surface area contributed by atoms with E-state index in [0.717, 1.165) is 27.3 Å². The van der Waals surface area contributed by atoms with E-state index in [2.05, 4.69) is 10.6 Å². The molecule has 0 spiro atoms. The standard InChI is InChI=1S/C25H24N2O2S/c1-18-11-13-23(19(2)15-18)27-25(29)17-30-22-10-6-9-21(16-22)26-24(28)14-12-20-7-4-3-5-8-20/h3-16H,17H2,1-2H3,(H,26,28)(H,27,29)/b14-12+. The molecule has 0 bridgehead atoms. The second kappa shape index (κ2) is 10.5. The highest BCUT2D eigenvalue weighted by Gasteiger charge is 2.07. The first-order valence-electron chi connectivity index (χ1n) is 9.64. The third kappa shape index (κ3) is 6.64. The summed E-state index contributed by atoms with van der Waals surface area (Å²) in [5.74, 6) is 0.0271. The fourth-order valence-electron chi connectivity index (χ4n) is 2.87. The minimum atomic E-state index is -0.200. The van der Waals surface area contributed by atoms with Crippen molar-refractivity contribution in [2.24, 2.45) is 0 Å². The molecule has 0 unspecified atom stereocenters. The van der Waals surface area contributed by atoms with Crippen molar-refractivity contribution in [3.8, 4) is 0 Å². The highest BCUT2D eigenvalue weighted by molar-refractivity contribution is 8.00. The van der Waals surface area contributed by atoms with Crippen LogP contribution < -0.4 is 10.6 Å². The predicted octanol–water partition coefficient (Wildman–Crippen LogP) is 5.69. The van der Waals surface area contributed by atoms with Crippen molar-refractivity contribution in [3.05, 3.63) is 95.6 Å². The third-order valence-electron chi connectivity index (χ3n) is 4.35. The van der Waals surface area contributed by atoms with Crippen LogP contribution in [0.25, 0.3) is 6.08 Å². The van der Waals surface area contributed by atoms with Crippen LogP contribution in [-0.2, 0) is 9.59 Å². The van der Waals surface area contributed by atoms with E-state index in [0.29, 0.717) is 11.4 Å². The van der Waals surface area contributed by atoms with Gasteiger partial charge in [-0.3, -0.25) is 9.59 Å². The minimum absolute atomic E-state index is 0.0628. The van der Waals surface area contributed by atoms with Crippen LogP contribution in [0.2, 0.25) is 0 Å². The summed E-state index contributed by atoms with van der Waals surface area (Å²) in [6, 6.07) is 23.1. The molecule has 0 aliphatic rings. The smallest absolute Gasteiger partial charge is 0.248 e. The van der Waals surface area contributed by atoms with Crippen molar-refractivity contribution < 1.29 is 9.59 Å². The number of hydrogen-bond acceptors (Lipinski definition) is 3. The predicted molar refractivity (Wildman–Crippen MR) is 126 cm³/mol. The van der Waals surface area contributed by atoms with Crippen molar-refractivity contribution in [3.63, 3.8) is 0 Å². The molecule has 0 aliphatic heterocycles. The number of amides is 2. The largest absolute Gasteiger partial charge is 0.325 e. The van der Waals surface area contributed by atoms with Crippen molar-refractivity contribution in [2.75, 3.05) is 16.4 Å². The van der Waals surface area contributed by atoms with E-state index in [9.17, 15) is 9.59 Å². The van der Waals surface area contributed by atoms with Gasteiger partial charge in [-0.15, -0.1) is 11.8 Å². The Morgan fingerprint density at radius 3 is 2.47 bits per heavy atom. The van der Waals surface area contributed by atoms with Crippen molar-refractivity contribution in [1.29, 1.82) is 0 Å². The Bertz CT molecular complexity index is 1060. The summed E-state index contributed by atoms with van der Waals surface area (Å²) in [5.41, 5.74) is 4.70. The van der Waals surface area contributed by atoms with Gasteiger partial charge in [0, 0.05) is 22.3 Å². The molecule has 0 aliphatic carbocycles. The molecule has 0 saturated carbocycles. The summed E-state index contributed by atoms with van der Waals surface area (Å²) >= 11 is 1.43. The zero-order valence-electron chi connectivity index (χ0n) is 17.0. The second-order valence-electron chi connectivity index (χ2n) is 6.92. The number of anilines is 2. The molecule has 0 saturated heterocycles. The van der Waals surface area contributed by atoms with Crippen LogP contribution in [-0.4, -0.2) is 17.6 Å². The maximum Gasteiger partial charge on any atom is 0.248 e. The number of thioether (sulfide) groups is 1. The van der Waals surface area contributed by atoms with Gasteiger partial charge in [0.1, 0.15) is 0 Å². The van der Waals surface area contributed by atoms with Gasteiger partial charge < -0.3 is 10.6 Å². The highest BCUT2D eigenvalue weighted by Crippen LogP contribution is 2.23. The number of rotatable bonds is 7. The molecule has 30 heavy (non-hydrogen) atoms. The van der Waals surface area contributed by atoms with Crippen molar-refractivity contribution >= 4 is 41.0 Å². The van der Waals surface area contributed by atoms with E-state index in [-0.39, 0.29) is 11.8 Å². The van der Waals surface area contributed by atoms with Crippen molar-refractivity contribution in [1.82, 2.24) is 0 Å². The Morgan fingerprint density at radius 2 is 1.70 bits per heavy atom. The summed E-state index contributed by atoms with van der Waals surface area (Å²) in [6.07, 6.45) is 3.28. The van der Waals surface area contributed by atoms with Crippen LogP contribution in [0.3, 0.4) is 0 Å². The first kappa shape index (κ1) is 21.4. The number of carbonyl (C=O) groups excluding carboxylic acids is 2. The topological polar surface area (TPSA) is 58.2 Å². The maximum atomic E-state index is 12.3. The van der Waals surface area contributed by atoms with E-state index >= 15 is 0 Å². The van der Waals surface area contributed by atoms with Crippen LogP contribution in [0.5, 0.6) is 0 Å². The van der Waals surface area contributed by atoms with Gasteiger partial charge in [0.15, 0.2) is 0 Å². The summed E-state index contributed by atoms with van der Waals surface area (Å²) in [6.45, 7) is 4.01. The first-order chi connectivity index (χ1) is 14.5. The number of nitrogens with one attached hydrogen (secondary N) is 2. The number of carbonyl (C=O) groups is 2. The van der Waals surface area contributed by atoms with Gasteiger partial charge in [-0.1, -0.05) is 54.1 Å². The normalized spacial score (nSPS) is 10.7. The van der Waals surface area contributed by atoms with E-state index in [1.54, 1.807) is 6.08 Å². The third-order valence-corrected chi connectivity index (χ3v) is 5.35. The Kier molecular flexibility index (Phi) is 7.46. The summed E-state index contributed by atoms with van der Waals surface area (Å²) in [4.78, 5) is 25.4. The Labute approximate surface area is 181 Å². The van der Waals surface area contributed by atoms with E-state index in [1.807, 2.05) is 86.6 Å². The highest BCUT2D eigenvalue weighted by atomic mass is 32.2. The van der Waals surface area contributed by atoms with Gasteiger partial charge in [-0.25, -0.2) is 0 Å². The molecule has 0 heterocycles. The molecule has 152 valence electrons. The van der Waals surface area contributed by atoms with Gasteiger partial charge >= 0.3 is 0 Å². The summed E-state index contributed by atoms with van der Waals surface area (Å²) in [7, 11) is 0. The average Bonchev–Trinajstić information content (AvgIpc) is 2.74. The van der Waals surface area contributed by atoms with Crippen LogP contribution in [0, 0.1) is 13.8 Å². The van der Waals surface area contributed by atoms with Gasteiger partial charge in [-0.2, -0.15) is 0 Å². The number of benzene rings is 3. The average molecular weight is 417 g/mol. The molecule has 0 atom stereocenters. The van der Waals surface area contributed by atoms with E-state index in [4.69, 9.17) is 0 Å². The van der Waals surface area contributed by atoms with E-state index in [1.165, 1.54) is 17.8 Å². The Morgan fingerprint density at radius 1 is 0.900 bits per heavy atom. The fraction of sp³-hybridized carbons (Fsp3) is 0.120. The first-order valence-corrected chi connectivity index (χ1v) is 10.6. The van der Waals surface area contributed by atoms with Gasteiger partial charge in [0.2, 0.25) is 11.8 Å². The quantitative estimate of drug-likeness (QED) is 0.384. The Balaban J connectivity index is 1.53. The molecular weight excluding hydrogens is 392 g/mol. The van der Waals surface area contributed by atoms with Gasteiger partial charge in [0.05, 0.1) is 5.75 Å². The lowest BCUT2D eigenvalue weighted by Crippen LogP contribution is -2.14. The molecule has 2 amide bonds. The number of aryl methyl sites for hydroxylation is 2. The van der Waals surface area contributed by atoms with Gasteiger partial charge in [-0.05, 0) is 55.3 Å². The lowest BCUT2D eigenvalue weighted by Gasteiger charge is -2.09. The molecule has 4 nitrogen and oxygen atoms in total. The lowest BCUT2D eigenvalue weighted by atomic mass is 10.1. The monoisotopic (exact) mass is 416 g/mol. The molecular formula is C25H24N2O2S. The van der Waals surface area contributed by atoms with Gasteiger partial charge in [0.25, 0.3) is 0 Å². The number of hydrogen-bond donors (Lipinski definition) is 2. The molecule has 2 N–H and O–H groups in total. The van der Waals surface area contributed by atoms with Crippen molar-refractivity contribution in [2.45, 2.75) is 18.7 Å². The molecule has 0 radical (unpaired) electrons. The fourth-order valence-corrected chi connectivity index (χ4v) is 3.63. The molecule has 3 rings (SSSR count).